The highest BCUT2D eigenvalue weighted by atomic mass is 16.7. The third-order valence-electron chi connectivity index (χ3n) is 5.92. The van der Waals surface area contributed by atoms with Crippen LogP contribution in [0.2, 0.25) is 0 Å². The van der Waals surface area contributed by atoms with Gasteiger partial charge in [-0.2, -0.15) is 0 Å². The number of ether oxygens (including phenoxy) is 4. The van der Waals surface area contributed by atoms with Crippen molar-refractivity contribution in [3.8, 4) is 0 Å². The predicted octanol–water partition coefficient (Wildman–Crippen LogP) is 2.32. The van der Waals surface area contributed by atoms with Crippen LogP contribution in [-0.2, 0) is 48.3 Å². The fraction of sp³-hybridized carbons (Fsp3) is 0.700. The molecular formula is C20H27NO6. The summed E-state index contributed by atoms with van der Waals surface area (Å²) in [5.74, 6) is -1.30. The number of nitrogens with zero attached hydrogens (tertiary/aromatic N) is 1. The number of unbranched alkanes of at least 4 members (excludes halogenated alkanes) is 2. The molecule has 3 aliphatic rings. The molecule has 7 heteroatoms. The van der Waals surface area contributed by atoms with Crippen molar-refractivity contribution in [3.05, 3.63) is 33.2 Å². The van der Waals surface area contributed by atoms with Crippen LogP contribution >= 0.6 is 0 Å². The summed E-state index contributed by atoms with van der Waals surface area (Å²) in [5.41, 5.74) is 0.438. The lowest BCUT2D eigenvalue weighted by Gasteiger charge is -2.36. The molecule has 4 heterocycles. The number of esters is 1. The molecule has 0 amide bonds. The van der Waals surface area contributed by atoms with E-state index in [1.807, 2.05) is 13.0 Å². The Balaban J connectivity index is 1.80. The zero-order valence-corrected chi connectivity index (χ0v) is 16.0. The average Bonchev–Trinajstić information content (AvgIpc) is 3.29. The molecule has 1 atom stereocenters. The zero-order chi connectivity index (χ0) is 19.1. The first-order chi connectivity index (χ1) is 13.1. The van der Waals surface area contributed by atoms with E-state index in [1.165, 1.54) is 0 Å². The summed E-state index contributed by atoms with van der Waals surface area (Å²) in [6, 6.07) is 1.89. The normalized spacial score (nSPS) is 25.5. The molecule has 1 aromatic rings. The Hall–Kier alpha value is -1.70. The van der Waals surface area contributed by atoms with E-state index < -0.39 is 17.4 Å². The van der Waals surface area contributed by atoms with Crippen molar-refractivity contribution in [3.63, 3.8) is 0 Å². The molecule has 0 aromatic carbocycles. The second-order valence-corrected chi connectivity index (χ2v) is 7.39. The van der Waals surface area contributed by atoms with Gasteiger partial charge in [-0.25, -0.2) is 4.79 Å². The lowest BCUT2D eigenvalue weighted by molar-refractivity contribution is -0.182. The molecule has 4 rings (SSSR count). The number of fused-ring (bicyclic) bond motifs is 3. The summed E-state index contributed by atoms with van der Waals surface area (Å²) in [7, 11) is 0. The lowest BCUT2D eigenvalue weighted by Crippen LogP contribution is -2.47. The molecular weight excluding hydrogens is 350 g/mol. The number of aromatic nitrogens is 1. The summed E-state index contributed by atoms with van der Waals surface area (Å²) in [5, 5.41) is 0. The highest BCUT2D eigenvalue weighted by molar-refractivity contribution is 5.83. The maximum Gasteiger partial charge on any atom is 0.343 e. The van der Waals surface area contributed by atoms with Gasteiger partial charge in [-0.15, -0.1) is 0 Å². The van der Waals surface area contributed by atoms with E-state index in [4.69, 9.17) is 18.9 Å². The second kappa shape index (κ2) is 7.04. The fourth-order valence-corrected chi connectivity index (χ4v) is 4.40. The monoisotopic (exact) mass is 377 g/mol. The lowest BCUT2D eigenvalue weighted by atomic mass is 9.85. The van der Waals surface area contributed by atoms with Gasteiger partial charge >= 0.3 is 5.97 Å². The van der Waals surface area contributed by atoms with Crippen molar-refractivity contribution >= 4 is 5.97 Å². The van der Waals surface area contributed by atoms with Crippen LogP contribution in [0.5, 0.6) is 0 Å². The van der Waals surface area contributed by atoms with Crippen molar-refractivity contribution in [2.24, 2.45) is 0 Å². The minimum absolute atomic E-state index is 0.0118. The molecule has 7 nitrogen and oxygen atoms in total. The van der Waals surface area contributed by atoms with Gasteiger partial charge in [-0.1, -0.05) is 26.7 Å². The summed E-state index contributed by atoms with van der Waals surface area (Å²) in [6.07, 6.45) is 3.95. The van der Waals surface area contributed by atoms with E-state index in [2.05, 4.69) is 6.92 Å². The molecule has 148 valence electrons. The van der Waals surface area contributed by atoms with Gasteiger partial charge in [0.05, 0.1) is 24.5 Å². The SMILES string of the molecule is CCCCCOC1(CC)C(=O)OCc2c1cc1n(c2=O)CCC12OCCO2. The first kappa shape index (κ1) is 18.7. The quantitative estimate of drug-likeness (QED) is 0.559. The van der Waals surface area contributed by atoms with Crippen LogP contribution in [0.3, 0.4) is 0 Å². The summed E-state index contributed by atoms with van der Waals surface area (Å²) >= 11 is 0. The Labute approximate surface area is 158 Å². The first-order valence-corrected chi connectivity index (χ1v) is 9.95. The maximum absolute atomic E-state index is 13.1. The van der Waals surface area contributed by atoms with Crippen LogP contribution in [0.25, 0.3) is 0 Å². The molecule has 0 bridgehead atoms. The molecule has 1 spiro atoms. The van der Waals surface area contributed by atoms with Crippen LogP contribution in [0.15, 0.2) is 10.9 Å². The molecule has 0 N–H and O–H groups in total. The van der Waals surface area contributed by atoms with Gasteiger partial charge in [0, 0.05) is 25.1 Å². The van der Waals surface area contributed by atoms with Crippen LogP contribution in [0, 0.1) is 0 Å². The molecule has 1 fully saturated rings. The Morgan fingerprint density at radius 1 is 1.19 bits per heavy atom. The minimum atomic E-state index is -1.24. The van der Waals surface area contributed by atoms with Crippen molar-refractivity contribution < 1.29 is 23.7 Å². The first-order valence-electron chi connectivity index (χ1n) is 9.95. The van der Waals surface area contributed by atoms with Crippen molar-refractivity contribution in [2.75, 3.05) is 19.8 Å². The van der Waals surface area contributed by atoms with Gasteiger partial charge in [0.15, 0.2) is 5.60 Å². The third-order valence-corrected chi connectivity index (χ3v) is 5.92. The number of hydrogen-bond acceptors (Lipinski definition) is 6. The topological polar surface area (TPSA) is 76.0 Å². The minimum Gasteiger partial charge on any atom is -0.458 e. The maximum atomic E-state index is 13.1. The number of pyridine rings is 1. The van der Waals surface area contributed by atoms with E-state index in [9.17, 15) is 9.59 Å². The second-order valence-electron chi connectivity index (χ2n) is 7.39. The van der Waals surface area contributed by atoms with Gasteiger partial charge in [-0.05, 0) is 18.9 Å². The van der Waals surface area contributed by atoms with Crippen molar-refractivity contribution in [1.29, 1.82) is 0 Å². The van der Waals surface area contributed by atoms with Crippen LogP contribution in [-0.4, -0.2) is 30.4 Å². The number of hydrogen-bond donors (Lipinski definition) is 0. The molecule has 1 aromatic heterocycles. The summed E-state index contributed by atoms with van der Waals surface area (Å²) < 4.78 is 25.0. The molecule has 27 heavy (non-hydrogen) atoms. The van der Waals surface area contributed by atoms with E-state index in [0.29, 0.717) is 56.0 Å². The van der Waals surface area contributed by atoms with E-state index in [-0.39, 0.29) is 12.2 Å². The number of carbonyl (C=O) groups is 1. The fourth-order valence-electron chi connectivity index (χ4n) is 4.40. The van der Waals surface area contributed by atoms with Crippen LogP contribution in [0.4, 0.5) is 0 Å². The number of carbonyl (C=O) groups excluding carboxylic acids is 1. The number of rotatable bonds is 6. The van der Waals surface area contributed by atoms with Gasteiger partial charge in [0.2, 0.25) is 5.79 Å². The molecule has 1 unspecified atom stereocenters. The van der Waals surface area contributed by atoms with E-state index in [1.54, 1.807) is 4.57 Å². The Kier molecular flexibility index (Phi) is 4.86. The molecule has 1 saturated heterocycles. The highest BCUT2D eigenvalue weighted by Gasteiger charge is 2.51. The smallest absolute Gasteiger partial charge is 0.343 e. The van der Waals surface area contributed by atoms with Gasteiger partial charge in [-0.3, -0.25) is 4.79 Å². The molecule has 0 aliphatic carbocycles. The van der Waals surface area contributed by atoms with Crippen molar-refractivity contribution in [1.82, 2.24) is 4.57 Å². The third kappa shape index (κ3) is 2.75. The van der Waals surface area contributed by atoms with Crippen molar-refractivity contribution in [2.45, 2.75) is 70.5 Å². The predicted molar refractivity (Wildman–Crippen MR) is 96.1 cm³/mol. The van der Waals surface area contributed by atoms with Gasteiger partial charge in [0.25, 0.3) is 5.56 Å². The van der Waals surface area contributed by atoms with Crippen LogP contribution in [0.1, 0.15) is 62.8 Å². The number of cyclic esters (lactones) is 1. The molecule has 3 aliphatic heterocycles. The summed E-state index contributed by atoms with van der Waals surface area (Å²) in [6.45, 7) is 5.98. The van der Waals surface area contributed by atoms with E-state index in [0.717, 1.165) is 19.3 Å². The van der Waals surface area contributed by atoms with Crippen LogP contribution < -0.4 is 5.56 Å². The average molecular weight is 377 g/mol. The summed E-state index contributed by atoms with van der Waals surface area (Å²) in [4.78, 5) is 25.9. The Morgan fingerprint density at radius 2 is 1.96 bits per heavy atom. The highest BCUT2D eigenvalue weighted by Crippen LogP contribution is 2.44. The molecule has 0 radical (unpaired) electrons. The Morgan fingerprint density at radius 3 is 2.67 bits per heavy atom. The largest absolute Gasteiger partial charge is 0.458 e. The standard InChI is InChI=1S/C20H27NO6/c1-3-5-6-9-25-19(4-2)15-12-16-20(26-10-11-27-20)7-8-21(16)17(22)14(15)13-24-18(19)23/h12H,3-11,13H2,1-2H3. The molecule has 0 saturated carbocycles. The Bertz CT molecular complexity index is 794. The van der Waals surface area contributed by atoms with Gasteiger partial charge in [0.1, 0.15) is 6.61 Å². The van der Waals surface area contributed by atoms with E-state index >= 15 is 0 Å². The zero-order valence-electron chi connectivity index (χ0n) is 16.0. The van der Waals surface area contributed by atoms with Gasteiger partial charge < -0.3 is 23.5 Å².